The molecule has 0 radical (unpaired) electrons. The number of hydrogen-bond donors (Lipinski definition) is 1. The van der Waals surface area contributed by atoms with E-state index in [2.05, 4.69) is 0 Å². The molecule has 1 aromatic rings. The molecule has 0 heterocycles. The van der Waals surface area contributed by atoms with Gasteiger partial charge in [-0.2, -0.15) is 0 Å². The standard InChI is InChI=1S/C11H15O.H3N/c1-11(2,3)10(12)9-7-5-4-6-8-9;/h4-8,10H,1-3H3;1H3/q-1;/p+1. The third-order valence-corrected chi connectivity index (χ3v) is 1.89. The number of rotatable bonds is 1. The predicted octanol–water partition coefficient (Wildman–Crippen LogP) is 2.51. The maximum Gasteiger partial charge on any atom is -0.0467 e. The summed E-state index contributed by atoms with van der Waals surface area (Å²) in [6, 6.07) is 9.53. The lowest BCUT2D eigenvalue weighted by molar-refractivity contribution is -0.450. The van der Waals surface area contributed by atoms with Crippen molar-refractivity contribution in [2.45, 2.75) is 26.9 Å². The van der Waals surface area contributed by atoms with Gasteiger partial charge in [0.1, 0.15) is 0 Å². The van der Waals surface area contributed by atoms with Gasteiger partial charge in [-0.25, -0.2) is 0 Å². The molecule has 0 fully saturated rings. The van der Waals surface area contributed by atoms with E-state index < -0.39 is 6.10 Å². The summed E-state index contributed by atoms with van der Waals surface area (Å²) in [7, 11) is 0. The smallest absolute Gasteiger partial charge is 0.0467 e. The van der Waals surface area contributed by atoms with Crippen LogP contribution in [0, 0.1) is 5.41 Å². The lowest BCUT2D eigenvalue weighted by Crippen LogP contribution is -2.29. The maximum absolute atomic E-state index is 11.7. The lowest BCUT2D eigenvalue weighted by atomic mass is 9.85. The van der Waals surface area contributed by atoms with Crippen molar-refractivity contribution in [2.75, 3.05) is 0 Å². The van der Waals surface area contributed by atoms with Crippen molar-refractivity contribution in [2.24, 2.45) is 5.41 Å². The largest absolute Gasteiger partial charge is 0.848 e. The van der Waals surface area contributed by atoms with Gasteiger partial charge in [-0.05, 0) is 5.41 Å². The van der Waals surface area contributed by atoms with Crippen molar-refractivity contribution >= 4 is 0 Å². The van der Waals surface area contributed by atoms with E-state index >= 15 is 0 Å². The second kappa shape index (κ2) is 4.40. The minimum atomic E-state index is -0.626. The van der Waals surface area contributed by atoms with Gasteiger partial charge in [-0.1, -0.05) is 62.8 Å². The molecule has 0 aromatic heterocycles. The van der Waals surface area contributed by atoms with Crippen LogP contribution >= 0.6 is 0 Å². The fourth-order valence-corrected chi connectivity index (χ4v) is 1.13. The Morgan fingerprint density at radius 3 is 1.92 bits per heavy atom. The van der Waals surface area contributed by atoms with Gasteiger partial charge >= 0.3 is 0 Å². The average Bonchev–Trinajstić information content (AvgIpc) is 2.03. The lowest BCUT2D eigenvalue weighted by Gasteiger charge is -2.36. The van der Waals surface area contributed by atoms with Crippen LogP contribution in [0.15, 0.2) is 30.3 Å². The summed E-state index contributed by atoms with van der Waals surface area (Å²) in [5.41, 5.74) is 0.687. The van der Waals surface area contributed by atoms with Gasteiger partial charge in [0.05, 0.1) is 0 Å². The molecule has 2 nitrogen and oxygen atoms in total. The van der Waals surface area contributed by atoms with E-state index in [4.69, 9.17) is 0 Å². The highest BCUT2D eigenvalue weighted by Crippen LogP contribution is 2.29. The molecule has 0 aliphatic heterocycles. The Hall–Kier alpha value is -0.860. The Balaban J connectivity index is 0.00000144. The summed E-state index contributed by atoms with van der Waals surface area (Å²) in [5.74, 6) is 0. The Bertz CT molecular complexity index is 238. The van der Waals surface area contributed by atoms with Crippen LogP contribution in [0.3, 0.4) is 0 Å². The van der Waals surface area contributed by atoms with Crippen molar-refractivity contribution < 1.29 is 5.11 Å². The van der Waals surface area contributed by atoms with Gasteiger partial charge in [0.15, 0.2) is 0 Å². The van der Waals surface area contributed by atoms with E-state index in [-0.39, 0.29) is 11.6 Å². The molecule has 0 aliphatic rings. The van der Waals surface area contributed by atoms with Crippen LogP contribution in [0.1, 0.15) is 32.4 Å². The Kier molecular flexibility index (Phi) is 4.11. The number of hydrogen-bond acceptors (Lipinski definition) is 1. The molecule has 4 N–H and O–H groups in total. The average molecular weight is 181 g/mol. The molecular formula is C11H19NO. The molecule has 13 heavy (non-hydrogen) atoms. The van der Waals surface area contributed by atoms with Crippen molar-refractivity contribution in [3.05, 3.63) is 35.9 Å². The van der Waals surface area contributed by atoms with Gasteiger partial charge < -0.3 is 11.3 Å². The Labute approximate surface area is 80.2 Å². The van der Waals surface area contributed by atoms with E-state index in [1.165, 1.54) is 0 Å². The molecular weight excluding hydrogens is 162 g/mol. The molecule has 0 aliphatic carbocycles. The number of quaternary nitrogens is 1. The van der Waals surface area contributed by atoms with Gasteiger partial charge in [-0.15, -0.1) is 0 Å². The van der Waals surface area contributed by atoms with Crippen LogP contribution < -0.4 is 11.3 Å². The third-order valence-electron chi connectivity index (χ3n) is 1.89. The fraction of sp³-hybridized carbons (Fsp3) is 0.455. The highest BCUT2D eigenvalue weighted by Gasteiger charge is 2.15. The van der Waals surface area contributed by atoms with E-state index in [1.807, 2.05) is 51.1 Å². The van der Waals surface area contributed by atoms with Crippen LogP contribution in [0.4, 0.5) is 0 Å². The van der Waals surface area contributed by atoms with E-state index in [1.54, 1.807) is 0 Å². The Morgan fingerprint density at radius 2 is 1.54 bits per heavy atom. The molecule has 1 unspecified atom stereocenters. The van der Waals surface area contributed by atoms with Crippen LogP contribution in [0.25, 0.3) is 0 Å². The highest BCUT2D eigenvalue weighted by atomic mass is 16.3. The molecule has 0 saturated carbocycles. The van der Waals surface area contributed by atoms with E-state index in [0.29, 0.717) is 0 Å². The van der Waals surface area contributed by atoms with Gasteiger partial charge in [0.25, 0.3) is 0 Å². The monoisotopic (exact) mass is 181 g/mol. The highest BCUT2D eigenvalue weighted by molar-refractivity contribution is 5.18. The van der Waals surface area contributed by atoms with Crippen LogP contribution in [-0.4, -0.2) is 0 Å². The second-order valence-corrected chi connectivity index (χ2v) is 4.16. The summed E-state index contributed by atoms with van der Waals surface area (Å²) >= 11 is 0. The molecule has 1 atom stereocenters. The molecule has 1 aromatic carbocycles. The zero-order valence-electron chi connectivity index (χ0n) is 8.87. The van der Waals surface area contributed by atoms with Crippen LogP contribution in [-0.2, 0) is 0 Å². The first-order valence-corrected chi connectivity index (χ1v) is 4.22. The predicted molar refractivity (Wildman–Crippen MR) is 54.6 cm³/mol. The Morgan fingerprint density at radius 1 is 1.08 bits per heavy atom. The first kappa shape index (κ1) is 12.1. The normalized spacial score (nSPS) is 13.2. The molecule has 1 rings (SSSR count). The van der Waals surface area contributed by atoms with Crippen molar-refractivity contribution in [1.82, 2.24) is 6.15 Å². The summed E-state index contributed by atoms with van der Waals surface area (Å²) in [6.07, 6.45) is -0.626. The summed E-state index contributed by atoms with van der Waals surface area (Å²) in [6.45, 7) is 5.91. The summed E-state index contributed by atoms with van der Waals surface area (Å²) in [4.78, 5) is 0. The molecule has 74 valence electrons. The number of benzene rings is 1. The minimum absolute atomic E-state index is 0. The molecule has 0 amide bonds. The van der Waals surface area contributed by atoms with Gasteiger partial charge in [0, 0.05) is 0 Å². The van der Waals surface area contributed by atoms with Crippen LogP contribution in [0.5, 0.6) is 0 Å². The quantitative estimate of drug-likeness (QED) is 0.711. The zero-order chi connectivity index (χ0) is 9.19. The molecule has 0 bridgehead atoms. The first-order valence-electron chi connectivity index (χ1n) is 4.22. The van der Waals surface area contributed by atoms with Crippen molar-refractivity contribution in [3.63, 3.8) is 0 Å². The minimum Gasteiger partial charge on any atom is -0.848 e. The van der Waals surface area contributed by atoms with Crippen LogP contribution in [0.2, 0.25) is 0 Å². The topological polar surface area (TPSA) is 59.6 Å². The van der Waals surface area contributed by atoms with Crippen molar-refractivity contribution in [3.8, 4) is 0 Å². The second-order valence-electron chi connectivity index (χ2n) is 4.16. The summed E-state index contributed by atoms with van der Waals surface area (Å²) in [5, 5.41) is 11.7. The fourth-order valence-electron chi connectivity index (χ4n) is 1.13. The SMILES string of the molecule is CC(C)(C)C([O-])c1ccccc1.[NH4+]. The maximum atomic E-state index is 11.7. The third kappa shape index (κ3) is 3.17. The zero-order valence-corrected chi connectivity index (χ0v) is 8.87. The molecule has 2 heteroatoms. The summed E-state index contributed by atoms with van der Waals surface area (Å²) < 4.78 is 0. The van der Waals surface area contributed by atoms with Crippen molar-refractivity contribution in [1.29, 1.82) is 0 Å². The van der Waals surface area contributed by atoms with E-state index in [0.717, 1.165) is 5.56 Å². The van der Waals surface area contributed by atoms with Gasteiger partial charge in [0.2, 0.25) is 0 Å². The van der Waals surface area contributed by atoms with E-state index in [9.17, 15) is 5.11 Å². The molecule has 0 saturated heterocycles. The van der Waals surface area contributed by atoms with Gasteiger partial charge in [-0.3, -0.25) is 0 Å². The molecule has 0 spiro atoms. The first-order chi connectivity index (χ1) is 5.52.